The highest BCUT2D eigenvalue weighted by Crippen LogP contribution is 2.46. The molecule has 0 aromatic heterocycles. The van der Waals surface area contributed by atoms with Crippen molar-refractivity contribution in [2.24, 2.45) is 10.2 Å². The van der Waals surface area contributed by atoms with E-state index in [1.54, 1.807) is 0 Å². The first-order chi connectivity index (χ1) is 10.5. The third kappa shape index (κ3) is 2.33. The van der Waals surface area contributed by atoms with Crippen molar-refractivity contribution in [2.75, 3.05) is 11.9 Å². The van der Waals surface area contributed by atoms with Crippen molar-refractivity contribution in [1.29, 1.82) is 0 Å². The van der Waals surface area contributed by atoms with Crippen LogP contribution < -0.4 is 4.90 Å². The second-order valence-electron chi connectivity index (χ2n) is 6.22. The molecule has 0 fully saturated rings. The zero-order valence-electron chi connectivity index (χ0n) is 13.5. The number of benzene rings is 2. The Labute approximate surface area is 132 Å². The summed E-state index contributed by atoms with van der Waals surface area (Å²) in [6.07, 6.45) is 1.88. The highest BCUT2D eigenvalue weighted by atomic mass is 15.2. The Morgan fingerprint density at radius 2 is 1.68 bits per heavy atom. The number of anilines is 1. The second kappa shape index (κ2) is 5.41. The van der Waals surface area contributed by atoms with Crippen LogP contribution in [0.3, 0.4) is 0 Å². The van der Waals surface area contributed by atoms with E-state index in [0.29, 0.717) is 0 Å². The topological polar surface area (TPSA) is 28.0 Å². The molecule has 112 valence electrons. The number of para-hydroxylation sites is 1. The van der Waals surface area contributed by atoms with Crippen LogP contribution in [0.25, 0.3) is 0 Å². The van der Waals surface area contributed by atoms with Gasteiger partial charge in [-0.15, -0.1) is 0 Å². The Morgan fingerprint density at radius 1 is 1.00 bits per heavy atom. The summed E-state index contributed by atoms with van der Waals surface area (Å²) in [6.45, 7) is 6.50. The molecule has 0 radical (unpaired) electrons. The van der Waals surface area contributed by atoms with Gasteiger partial charge in [-0.05, 0) is 30.2 Å². The molecule has 1 aliphatic rings. The van der Waals surface area contributed by atoms with Crippen LogP contribution in [0.1, 0.15) is 25.0 Å². The van der Waals surface area contributed by atoms with Crippen LogP contribution >= 0.6 is 0 Å². The molecule has 0 spiro atoms. The van der Waals surface area contributed by atoms with E-state index < -0.39 is 0 Å². The lowest BCUT2D eigenvalue weighted by molar-refractivity contribution is 0.637. The fourth-order valence-corrected chi connectivity index (χ4v) is 3.05. The zero-order chi connectivity index (χ0) is 15.7. The first-order valence-electron chi connectivity index (χ1n) is 7.52. The van der Waals surface area contributed by atoms with Gasteiger partial charge in [0, 0.05) is 23.8 Å². The molecular weight excluding hydrogens is 270 g/mol. The molecule has 3 rings (SSSR count). The van der Waals surface area contributed by atoms with E-state index in [-0.39, 0.29) is 5.41 Å². The summed E-state index contributed by atoms with van der Waals surface area (Å²) in [5.74, 6) is 0. The monoisotopic (exact) mass is 291 g/mol. The molecule has 0 N–H and O–H groups in total. The van der Waals surface area contributed by atoms with Gasteiger partial charge in [-0.3, -0.25) is 0 Å². The van der Waals surface area contributed by atoms with E-state index in [0.717, 1.165) is 16.9 Å². The van der Waals surface area contributed by atoms with Crippen molar-refractivity contribution in [3.63, 3.8) is 0 Å². The summed E-state index contributed by atoms with van der Waals surface area (Å²) in [4.78, 5) is 2.20. The van der Waals surface area contributed by atoms with Gasteiger partial charge >= 0.3 is 0 Å². The van der Waals surface area contributed by atoms with E-state index >= 15 is 0 Å². The van der Waals surface area contributed by atoms with Gasteiger partial charge in [0.15, 0.2) is 0 Å². The number of likely N-dealkylation sites (N-methyl/N-ethyl adjacent to an activating group) is 1. The molecule has 3 nitrogen and oxygen atoms in total. The standard InChI is InChI=1S/C19H21N3/c1-14-9-5-7-11-16(14)21-20-13-18-19(2,3)15-10-6-8-12-17(15)22(18)4/h5-13H,1-4H3. The van der Waals surface area contributed by atoms with Crippen LogP contribution in [0.4, 0.5) is 11.4 Å². The van der Waals surface area contributed by atoms with Crippen LogP contribution in [0.15, 0.2) is 70.7 Å². The molecule has 1 heterocycles. The minimum absolute atomic E-state index is 0.0594. The maximum absolute atomic E-state index is 4.35. The SMILES string of the molecule is Cc1ccccc1N=NC=C1N(C)c2ccccc2C1(C)C. The lowest BCUT2D eigenvalue weighted by atomic mass is 9.84. The number of hydrogen-bond donors (Lipinski definition) is 0. The molecule has 3 heteroatoms. The Balaban J connectivity index is 1.94. The summed E-state index contributed by atoms with van der Waals surface area (Å²) in [5.41, 5.74) is 5.71. The van der Waals surface area contributed by atoms with Crippen molar-refractivity contribution < 1.29 is 0 Å². The number of azo groups is 1. The molecule has 2 aromatic rings. The number of nitrogens with zero attached hydrogens (tertiary/aromatic N) is 3. The zero-order valence-corrected chi connectivity index (χ0v) is 13.5. The van der Waals surface area contributed by atoms with E-state index in [4.69, 9.17) is 0 Å². The Hall–Kier alpha value is -2.42. The van der Waals surface area contributed by atoms with Gasteiger partial charge in [0.2, 0.25) is 0 Å². The van der Waals surface area contributed by atoms with Gasteiger partial charge in [0.25, 0.3) is 0 Å². The predicted octanol–water partition coefficient (Wildman–Crippen LogP) is 5.35. The van der Waals surface area contributed by atoms with Crippen molar-refractivity contribution in [3.8, 4) is 0 Å². The molecule has 0 atom stereocenters. The molecule has 0 aliphatic carbocycles. The van der Waals surface area contributed by atoms with Crippen molar-refractivity contribution >= 4 is 11.4 Å². The fraction of sp³-hybridized carbons (Fsp3) is 0.263. The minimum Gasteiger partial charge on any atom is -0.346 e. The molecule has 1 aliphatic heterocycles. The Bertz CT molecular complexity index is 757. The van der Waals surface area contributed by atoms with Crippen molar-refractivity contribution in [1.82, 2.24) is 0 Å². The molecular formula is C19H21N3. The minimum atomic E-state index is -0.0594. The van der Waals surface area contributed by atoms with Crippen LogP contribution in [-0.4, -0.2) is 7.05 Å². The van der Waals surface area contributed by atoms with Crippen LogP contribution in [0.2, 0.25) is 0 Å². The van der Waals surface area contributed by atoms with E-state index in [1.165, 1.54) is 11.3 Å². The molecule has 0 amide bonds. The third-order valence-corrected chi connectivity index (χ3v) is 4.40. The van der Waals surface area contributed by atoms with Gasteiger partial charge in [0.1, 0.15) is 0 Å². The summed E-state index contributed by atoms with van der Waals surface area (Å²) in [7, 11) is 2.09. The van der Waals surface area contributed by atoms with E-state index in [2.05, 4.69) is 60.3 Å². The fourth-order valence-electron chi connectivity index (χ4n) is 3.05. The van der Waals surface area contributed by atoms with E-state index in [9.17, 15) is 0 Å². The normalized spacial score (nSPS) is 18.2. The average Bonchev–Trinajstić information content (AvgIpc) is 2.70. The molecule has 0 unspecified atom stereocenters. The number of hydrogen-bond acceptors (Lipinski definition) is 3. The van der Waals surface area contributed by atoms with Crippen LogP contribution in [0, 0.1) is 6.92 Å². The van der Waals surface area contributed by atoms with Gasteiger partial charge < -0.3 is 4.90 Å². The maximum atomic E-state index is 4.35. The summed E-state index contributed by atoms with van der Waals surface area (Å²) in [6, 6.07) is 16.5. The van der Waals surface area contributed by atoms with Gasteiger partial charge in [-0.25, -0.2) is 0 Å². The van der Waals surface area contributed by atoms with Gasteiger partial charge in [0.05, 0.1) is 11.9 Å². The molecule has 0 bridgehead atoms. The highest BCUT2D eigenvalue weighted by Gasteiger charge is 2.38. The predicted molar refractivity (Wildman–Crippen MR) is 91.6 cm³/mol. The summed E-state index contributed by atoms with van der Waals surface area (Å²) in [5, 5.41) is 8.69. The molecule has 0 saturated heterocycles. The smallest absolute Gasteiger partial charge is 0.0885 e. The second-order valence-corrected chi connectivity index (χ2v) is 6.22. The quantitative estimate of drug-likeness (QED) is 0.686. The highest BCUT2D eigenvalue weighted by molar-refractivity contribution is 5.69. The Morgan fingerprint density at radius 3 is 2.41 bits per heavy atom. The number of fused-ring (bicyclic) bond motifs is 1. The summed E-state index contributed by atoms with van der Waals surface area (Å²) >= 11 is 0. The number of aryl methyl sites for hydroxylation is 1. The van der Waals surface area contributed by atoms with Gasteiger partial charge in [-0.2, -0.15) is 10.2 Å². The third-order valence-electron chi connectivity index (χ3n) is 4.40. The first kappa shape index (κ1) is 14.5. The lowest BCUT2D eigenvalue weighted by Crippen LogP contribution is -2.22. The maximum Gasteiger partial charge on any atom is 0.0885 e. The first-order valence-corrected chi connectivity index (χ1v) is 7.52. The van der Waals surface area contributed by atoms with E-state index in [1.807, 2.05) is 37.4 Å². The van der Waals surface area contributed by atoms with Crippen molar-refractivity contribution in [2.45, 2.75) is 26.2 Å². The van der Waals surface area contributed by atoms with Gasteiger partial charge in [-0.1, -0.05) is 50.2 Å². The number of allylic oxidation sites excluding steroid dienone is 1. The molecule has 2 aromatic carbocycles. The van der Waals surface area contributed by atoms with Crippen molar-refractivity contribution in [3.05, 3.63) is 71.6 Å². The number of rotatable bonds is 2. The summed E-state index contributed by atoms with van der Waals surface area (Å²) < 4.78 is 0. The Kier molecular flexibility index (Phi) is 3.57. The average molecular weight is 291 g/mol. The van der Waals surface area contributed by atoms with Crippen LogP contribution in [0.5, 0.6) is 0 Å². The lowest BCUT2D eigenvalue weighted by Gasteiger charge is -2.22. The largest absolute Gasteiger partial charge is 0.346 e. The van der Waals surface area contributed by atoms with Crippen LogP contribution in [-0.2, 0) is 5.41 Å². The molecule has 22 heavy (non-hydrogen) atoms. The molecule has 0 saturated carbocycles.